The molecule has 0 saturated carbocycles. The van der Waals surface area contributed by atoms with Gasteiger partial charge in [-0.15, -0.1) is 0 Å². The Labute approximate surface area is 110 Å². The van der Waals surface area contributed by atoms with Crippen LogP contribution in [0.3, 0.4) is 0 Å². The molecule has 2 fully saturated rings. The molecule has 0 spiro atoms. The van der Waals surface area contributed by atoms with E-state index in [4.69, 9.17) is 0 Å². The van der Waals surface area contributed by atoms with Crippen molar-refractivity contribution >= 4 is 11.6 Å². The third-order valence-electron chi connectivity index (χ3n) is 4.63. The van der Waals surface area contributed by atoms with Crippen molar-refractivity contribution in [3.05, 3.63) is 0 Å². The summed E-state index contributed by atoms with van der Waals surface area (Å²) >= 11 is 0. The third-order valence-corrected chi connectivity index (χ3v) is 4.63. The Morgan fingerprint density at radius 3 is 2.50 bits per heavy atom. The van der Waals surface area contributed by atoms with Crippen LogP contribution in [-0.2, 0) is 9.59 Å². The lowest BCUT2D eigenvalue weighted by atomic mass is 9.92. The largest absolute Gasteiger partial charge is 0.300 e. The Morgan fingerprint density at radius 2 is 1.83 bits per heavy atom. The minimum absolute atomic E-state index is 0.103. The highest BCUT2D eigenvalue weighted by Crippen LogP contribution is 2.37. The molecule has 0 aromatic heterocycles. The molecule has 0 bridgehead atoms. The van der Waals surface area contributed by atoms with Crippen molar-refractivity contribution < 1.29 is 9.59 Å². The number of carbonyl (C=O) groups is 2. The molecule has 0 aromatic carbocycles. The summed E-state index contributed by atoms with van der Waals surface area (Å²) in [6.45, 7) is 3.88. The lowest BCUT2D eigenvalue weighted by Crippen LogP contribution is -2.51. The number of nitrogens with zero attached hydrogens (tertiary/aromatic N) is 1. The van der Waals surface area contributed by atoms with Gasteiger partial charge in [0.05, 0.1) is 6.04 Å². The van der Waals surface area contributed by atoms with Gasteiger partial charge in [-0.3, -0.25) is 14.5 Å². The second kappa shape index (κ2) is 5.96. The molecule has 0 unspecified atom stereocenters. The van der Waals surface area contributed by atoms with Crippen molar-refractivity contribution in [3.63, 3.8) is 0 Å². The van der Waals surface area contributed by atoms with Gasteiger partial charge in [0.15, 0.2) is 0 Å². The first-order valence-electron chi connectivity index (χ1n) is 7.49. The number of rotatable bonds is 5. The SMILES string of the molecule is CCC(=O)C[C@@H]1CC[C@@H]2CCC[C@H](C(=O)CC)N21. The third kappa shape index (κ3) is 2.66. The van der Waals surface area contributed by atoms with Crippen LogP contribution in [0.2, 0.25) is 0 Å². The second-order valence-electron chi connectivity index (χ2n) is 5.70. The number of Topliss-reactive ketones (excluding diaryl/α,β-unsaturated/α-hetero) is 2. The summed E-state index contributed by atoms with van der Waals surface area (Å²) in [6, 6.07) is 1.00. The summed E-state index contributed by atoms with van der Waals surface area (Å²) in [5.74, 6) is 0.712. The van der Waals surface area contributed by atoms with Crippen molar-refractivity contribution in [2.75, 3.05) is 0 Å². The van der Waals surface area contributed by atoms with E-state index < -0.39 is 0 Å². The first-order chi connectivity index (χ1) is 8.67. The molecule has 2 saturated heterocycles. The average Bonchev–Trinajstić information content (AvgIpc) is 2.81. The molecule has 0 radical (unpaired) electrons. The summed E-state index contributed by atoms with van der Waals surface area (Å²) in [5.41, 5.74) is 0. The maximum Gasteiger partial charge on any atom is 0.149 e. The maximum atomic E-state index is 12.1. The molecular weight excluding hydrogens is 226 g/mol. The fourth-order valence-corrected chi connectivity index (χ4v) is 3.66. The van der Waals surface area contributed by atoms with Gasteiger partial charge >= 0.3 is 0 Å². The molecule has 0 N–H and O–H groups in total. The molecule has 2 rings (SSSR count). The Morgan fingerprint density at radius 1 is 1.06 bits per heavy atom. The van der Waals surface area contributed by atoms with Crippen LogP contribution in [0.5, 0.6) is 0 Å². The summed E-state index contributed by atoms with van der Waals surface area (Å²) in [4.78, 5) is 26.2. The highest BCUT2D eigenvalue weighted by atomic mass is 16.1. The number of carbonyl (C=O) groups excluding carboxylic acids is 2. The van der Waals surface area contributed by atoms with Crippen molar-refractivity contribution in [1.29, 1.82) is 0 Å². The Bertz CT molecular complexity index is 326. The number of hydrogen-bond donors (Lipinski definition) is 0. The molecule has 3 heteroatoms. The first kappa shape index (κ1) is 13.7. The lowest BCUT2D eigenvalue weighted by Gasteiger charge is -2.40. The molecule has 0 aromatic rings. The monoisotopic (exact) mass is 251 g/mol. The van der Waals surface area contributed by atoms with Gasteiger partial charge in [0, 0.05) is 31.3 Å². The predicted molar refractivity (Wildman–Crippen MR) is 71.5 cm³/mol. The van der Waals surface area contributed by atoms with Crippen molar-refractivity contribution in [3.8, 4) is 0 Å². The van der Waals surface area contributed by atoms with E-state index in [1.54, 1.807) is 0 Å². The van der Waals surface area contributed by atoms with E-state index >= 15 is 0 Å². The van der Waals surface area contributed by atoms with Crippen molar-refractivity contribution in [2.24, 2.45) is 0 Å². The van der Waals surface area contributed by atoms with E-state index in [2.05, 4.69) is 4.90 Å². The predicted octanol–water partition coefficient (Wildman–Crippen LogP) is 2.72. The van der Waals surface area contributed by atoms with E-state index in [0.717, 1.165) is 12.8 Å². The molecule has 18 heavy (non-hydrogen) atoms. The normalized spacial score (nSPS) is 32.2. The van der Waals surface area contributed by atoms with Gasteiger partial charge in [-0.2, -0.15) is 0 Å². The molecular formula is C15H25NO2. The van der Waals surface area contributed by atoms with Crippen LogP contribution < -0.4 is 0 Å². The zero-order valence-electron chi connectivity index (χ0n) is 11.7. The maximum absolute atomic E-state index is 12.1. The van der Waals surface area contributed by atoms with Crippen molar-refractivity contribution in [2.45, 2.75) is 83.3 Å². The number of fused-ring (bicyclic) bond motifs is 1. The van der Waals surface area contributed by atoms with Gasteiger partial charge in [-0.05, 0) is 32.1 Å². The van der Waals surface area contributed by atoms with Gasteiger partial charge in [0.25, 0.3) is 0 Å². The molecule has 102 valence electrons. The van der Waals surface area contributed by atoms with Crippen molar-refractivity contribution in [1.82, 2.24) is 4.90 Å². The molecule has 2 aliphatic heterocycles. The topological polar surface area (TPSA) is 37.4 Å². The van der Waals surface area contributed by atoms with E-state index in [1.165, 1.54) is 19.3 Å². The average molecular weight is 251 g/mol. The quantitative estimate of drug-likeness (QED) is 0.754. The van der Waals surface area contributed by atoms with Gasteiger partial charge in [-0.1, -0.05) is 13.8 Å². The molecule has 0 aliphatic carbocycles. The highest BCUT2D eigenvalue weighted by molar-refractivity contribution is 5.84. The van der Waals surface area contributed by atoms with Gasteiger partial charge < -0.3 is 0 Å². The molecule has 2 aliphatic rings. The minimum atomic E-state index is 0.103. The molecule has 3 nitrogen and oxygen atoms in total. The van der Waals surface area contributed by atoms with E-state index in [-0.39, 0.29) is 6.04 Å². The zero-order valence-corrected chi connectivity index (χ0v) is 11.7. The van der Waals surface area contributed by atoms with Crippen LogP contribution in [-0.4, -0.2) is 34.6 Å². The number of piperidine rings is 1. The van der Waals surface area contributed by atoms with Crippen LogP contribution >= 0.6 is 0 Å². The second-order valence-corrected chi connectivity index (χ2v) is 5.70. The van der Waals surface area contributed by atoms with E-state index in [0.29, 0.717) is 42.9 Å². The van der Waals surface area contributed by atoms with Crippen LogP contribution in [0.25, 0.3) is 0 Å². The smallest absolute Gasteiger partial charge is 0.149 e. The summed E-state index contributed by atoms with van der Waals surface area (Å²) in [6.07, 6.45) is 7.57. The lowest BCUT2D eigenvalue weighted by molar-refractivity contribution is -0.128. The number of hydrogen-bond acceptors (Lipinski definition) is 3. The Hall–Kier alpha value is -0.700. The van der Waals surface area contributed by atoms with Crippen LogP contribution in [0.1, 0.15) is 65.2 Å². The van der Waals surface area contributed by atoms with Gasteiger partial charge in [-0.25, -0.2) is 0 Å². The zero-order chi connectivity index (χ0) is 13.1. The standard InChI is InChI=1S/C15H25NO2/c1-3-13(17)10-12-9-8-11-6-5-7-14(16(11)12)15(18)4-2/h11-12,14H,3-10H2,1-2H3/t11-,12-,14+/m0/s1. The fourth-order valence-electron chi connectivity index (χ4n) is 3.66. The fraction of sp³-hybridized carbons (Fsp3) is 0.867. The molecule has 2 heterocycles. The van der Waals surface area contributed by atoms with E-state index in [1.807, 2.05) is 13.8 Å². The van der Waals surface area contributed by atoms with Crippen LogP contribution in [0, 0.1) is 0 Å². The molecule has 3 atom stereocenters. The van der Waals surface area contributed by atoms with Gasteiger partial charge in [0.1, 0.15) is 11.6 Å². The van der Waals surface area contributed by atoms with Crippen LogP contribution in [0.4, 0.5) is 0 Å². The minimum Gasteiger partial charge on any atom is -0.300 e. The Balaban J connectivity index is 2.09. The highest BCUT2D eigenvalue weighted by Gasteiger charge is 2.42. The first-order valence-corrected chi connectivity index (χ1v) is 7.49. The molecule has 0 amide bonds. The summed E-state index contributed by atoms with van der Waals surface area (Å²) in [7, 11) is 0. The summed E-state index contributed by atoms with van der Waals surface area (Å²) in [5, 5.41) is 0. The van der Waals surface area contributed by atoms with E-state index in [9.17, 15) is 9.59 Å². The Kier molecular flexibility index (Phi) is 4.55. The summed E-state index contributed by atoms with van der Waals surface area (Å²) < 4.78 is 0. The van der Waals surface area contributed by atoms with Crippen LogP contribution in [0.15, 0.2) is 0 Å². The number of ketones is 2. The van der Waals surface area contributed by atoms with Gasteiger partial charge in [0.2, 0.25) is 0 Å².